The average molecular weight is 283 g/mol. The van der Waals surface area contributed by atoms with Crippen molar-refractivity contribution < 1.29 is 5.11 Å². The smallest absolute Gasteiger partial charge is 0.147 e. The second kappa shape index (κ2) is 6.68. The first-order chi connectivity index (χ1) is 10.3. The van der Waals surface area contributed by atoms with E-state index in [-0.39, 0.29) is 6.61 Å². The van der Waals surface area contributed by atoms with E-state index in [2.05, 4.69) is 45.2 Å². The van der Waals surface area contributed by atoms with E-state index in [1.807, 2.05) is 0 Å². The van der Waals surface area contributed by atoms with Crippen LogP contribution in [-0.4, -0.2) is 28.2 Å². The van der Waals surface area contributed by atoms with Crippen LogP contribution in [0.25, 0.3) is 0 Å². The summed E-state index contributed by atoms with van der Waals surface area (Å²) in [6.45, 7) is 1.98. The highest BCUT2D eigenvalue weighted by molar-refractivity contribution is 5.36. The zero-order valence-corrected chi connectivity index (χ0v) is 12.2. The number of hydrogen-bond acceptors (Lipinski definition) is 4. The standard InChI is InChI=1S/C17H21N3O/c21-13-16-11-18-12-17(19-16)20-8-6-15(7-9-20)10-14-4-2-1-3-5-14/h1-5,11-12,15,21H,6-10,13H2. The molecule has 2 aromatic rings. The second-order valence-electron chi connectivity index (χ2n) is 5.65. The largest absolute Gasteiger partial charge is 0.390 e. The summed E-state index contributed by atoms with van der Waals surface area (Å²) >= 11 is 0. The van der Waals surface area contributed by atoms with E-state index in [1.165, 1.54) is 18.4 Å². The molecule has 2 heterocycles. The molecule has 0 radical (unpaired) electrons. The van der Waals surface area contributed by atoms with Crippen LogP contribution in [0.2, 0.25) is 0 Å². The Morgan fingerprint density at radius 2 is 1.86 bits per heavy atom. The zero-order chi connectivity index (χ0) is 14.5. The second-order valence-corrected chi connectivity index (χ2v) is 5.65. The van der Waals surface area contributed by atoms with E-state index in [0.29, 0.717) is 5.69 Å². The molecule has 0 saturated carbocycles. The summed E-state index contributed by atoms with van der Waals surface area (Å²) in [5.74, 6) is 1.64. The van der Waals surface area contributed by atoms with Gasteiger partial charge in [-0.1, -0.05) is 30.3 Å². The van der Waals surface area contributed by atoms with E-state index >= 15 is 0 Å². The average Bonchev–Trinajstić information content (AvgIpc) is 2.56. The minimum absolute atomic E-state index is 0.0503. The lowest BCUT2D eigenvalue weighted by Crippen LogP contribution is -2.35. The first-order valence-corrected chi connectivity index (χ1v) is 7.56. The fourth-order valence-electron chi connectivity index (χ4n) is 2.94. The fraction of sp³-hybridized carbons (Fsp3) is 0.412. The summed E-state index contributed by atoms with van der Waals surface area (Å²) in [4.78, 5) is 10.9. The molecular formula is C17H21N3O. The van der Waals surface area contributed by atoms with Gasteiger partial charge in [0.05, 0.1) is 24.7 Å². The van der Waals surface area contributed by atoms with E-state index in [4.69, 9.17) is 5.11 Å². The van der Waals surface area contributed by atoms with Crippen molar-refractivity contribution in [2.75, 3.05) is 18.0 Å². The Morgan fingerprint density at radius 3 is 2.57 bits per heavy atom. The van der Waals surface area contributed by atoms with Gasteiger partial charge in [-0.3, -0.25) is 4.98 Å². The summed E-state index contributed by atoms with van der Waals surface area (Å²) in [6, 6.07) is 10.7. The molecule has 0 bridgehead atoms. The molecule has 0 unspecified atom stereocenters. The van der Waals surface area contributed by atoms with Gasteiger partial charge in [0, 0.05) is 13.1 Å². The van der Waals surface area contributed by atoms with Crippen LogP contribution in [0.1, 0.15) is 24.1 Å². The Balaban J connectivity index is 1.57. The van der Waals surface area contributed by atoms with Crippen LogP contribution < -0.4 is 4.90 Å². The number of anilines is 1. The van der Waals surface area contributed by atoms with Crippen LogP contribution in [0.5, 0.6) is 0 Å². The predicted molar refractivity (Wildman–Crippen MR) is 83.0 cm³/mol. The summed E-state index contributed by atoms with van der Waals surface area (Å²) in [6.07, 6.45) is 6.93. The van der Waals surface area contributed by atoms with Crippen molar-refractivity contribution in [3.05, 3.63) is 54.0 Å². The predicted octanol–water partition coefficient (Wildman–Crippen LogP) is 2.43. The number of rotatable bonds is 4. The van der Waals surface area contributed by atoms with Crippen molar-refractivity contribution in [2.45, 2.75) is 25.9 Å². The van der Waals surface area contributed by atoms with Gasteiger partial charge in [0.15, 0.2) is 0 Å². The summed E-state index contributed by atoms with van der Waals surface area (Å²) in [5, 5.41) is 9.15. The normalized spacial score (nSPS) is 16.1. The van der Waals surface area contributed by atoms with Crippen LogP contribution in [-0.2, 0) is 13.0 Å². The highest BCUT2D eigenvalue weighted by Crippen LogP contribution is 2.24. The van der Waals surface area contributed by atoms with Gasteiger partial charge in [-0.15, -0.1) is 0 Å². The third kappa shape index (κ3) is 3.58. The minimum Gasteiger partial charge on any atom is -0.390 e. The number of hydrogen-bond donors (Lipinski definition) is 1. The lowest BCUT2D eigenvalue weighted by Gasteiger charge is -2.32. The van der Waals surface area contributed by atoms with Crippen molar-refractivity contribution in [3.8, 4) is 0 Å². The van der Waals surface area contributed by atoms with Crippen molar-refractivity contribution in [1.82, 2.24) is 9.97 Å². The van der Waals surface area contributed by atoms with Crippen molar-refractivity contribution in [1.29, 1.82) is 0 Å². The molecule has 3 rings (SSSR count). The Morgan fingerprint density at radius 1 is 1.10 bits per heavy atom. The Kier molecular flexibility index (Phi) is 4.46. The zero-order valence-electron chi connectivity index (χ0n) is 12.2. The molecule has 1 saturated heterocycles. The minimum atomic E-state index is -0.0503. The number of aliphatic hydroxyl groups excluding tert-OH is 1. The molecule has 1 aliphatic heterocycles. The summed E-state index contributed by atoms with van der Waals surface area (Å²) in [5.41, 5.74) is 2.07. The molecule has 1 aliphatic rings. The first kappa shape index (κ1) is 14.0. The lowest BCUT2D eigenvalue weighted by molar-refractivity contribution is 0.276. The maximum Gasteiger partial charge on any atom is 0.147 e. The number of aliphatic hydroxyl groups is 1. The monoisotopic (exact) mass is 283 g/mol. The molecule has 4 nitrogen and oxygen atoms in total. The van der Waals surface area contributed by atoms with Gasteiger partial charge in [0.1, 0.15) is 5.82 Å². The molecular weight excluding hydrogens is 262 g/mol. The Labute approximate surface area is 125 Å². The van der Waals surface area contributed by atoms with Crippen molar-refractivity contribution in [2.24, 2.45) is 5.92 Å². The first-order valence-electron chi connectivity index (χ1n) is 7.56. The van der Waals surface area contributed by atoms with Gasteiger partial charge in [-0.25, -0.2) is 4.98 Å². The van der Waals surface area contributed by atoms with Gasteiger partial charge < -0.3 is 10.0 Å². The van der Waals surface area contributed by atoms with E-state index < -0.39 is 0 Å². The van der Waals surface area contributed by atoms with Crippen LogP contribution in [0.15, 0.2) is 42.7 Å². The molecule has 1 N–H and O–H groups in total. The van der Waals surface area contributed by atoms with E-state index in [0.717, 1.165) is 31.2 Å². The number of aromatic nitrogens is 2. The van der Waals surface area contributed by atoms with Crippen LogP contribution >= 0.6 is 0 Å². The topological polar surface area (TPSA) is 49.3 Å². The Hall–Kier alpha value is -1.94. The molecule has 1 fully saturated rings. The van der Waals surface area contributed by atoms with Crippen LogP contribution in [0.4, 0.5) is 5.82 Å². The summed E-state index contributed by atoms with van der Waals surface area (Å²) in [7, 11) is 0. The molecule has 0 amide bonds. The molecule has 0 aliphatic carbocycles. The molecule has 4 heteroatoms. The van der Waals surface area contributed by atoms with Gasteiger partial charge in [-0.05, 0) is 30.7 Å². The maximum absolute atomic E-state index is 9.15. The van der Waals surface area contributed by atoms with E-state index in [1.54, 1.807) is 12.4 Å². The van der Waals surface area contributed by atoms with Crippen LogP contribution in [0, 0.1) is 5.92 Å². The SMILES string of the molecule is OCc1cncc(N2CCC(Cc3ccccc3)CC2)n1. The summed E-state index contributed by atoms with van der Waals surface area (Å²) < 4.78 is 0. The van der Waals surface area contributed by atoms with E-state index in [9.17, 15) is 0 Å². The third-order valence-electron chi connectivity index (χ3n) is 4.14. The molecule has 21 heavy (non-hydrogen) atoms. The van der Waals surface area contributed by atoms with Gasteiger partial charge >= 0.3 is 0 Å². The molecule has 1 aromatic carbocycles. The number of benzene rings is 1. The fourth-order valence-corrected chi connectivity index (χ4v) is 2.94. The highest BCUT2D eigenvalue weighted by atomic mass is 16.3. The van der Waals surface area contributed by atoms with Crippen molar-refractivity contribution >= 4 is 5.82 Å². The van der Waals surface area contributed by atoms with Gasteiger partial charge in [-0.2, -0.15) is 0 Å². The van der Waals surface area contributed by atoms with Crippen molar-refractivity contribution in [3.63, 3.8) is 0 Å². The quantitative estimate of drug-likeness (QED) is 0.936. The molecule has 0 atom stereocenters. The third-order valence-corrected chi connectivity index (χ3v) is 4.14. The Bertz CT molecular complexity index is 565. The van der Waals surface area contributed by atoms with Crippen LogP contribution in [0.3, 0.4) is 0 Å². The lowest BCUT2D eigenvalue weighted by atomic mass is 9.90. The van der Waals surface area contributed by atoms with Gasteiger partial charge in [0.25, 0.3) is 0 Å². The highest BCUT2D eigenvalue weighted by Gasteiger charge is 2.20. The maximum atomic E-state index is 9.15. The molecule has 110 valence electrons. The molecule has 0 spiro atoms. The number of nitrogens with zero attached hydrogens (tertiary/aromatic N) is 3. The number of piperidine rings is 1. The van der Waals surface area contributed by atoms with Gasteiger partial charge in [0.2, 0.25) is 0 Å². The molecule has 1 aromatic heterocycles.